The van der Waals surface area contributed by atoms with Crippen molar-refractivity contribution in [3.63, 3.8) is 0 Å². The standard InChI is InChI=1S/C21H18N2OS2/c1-14(15-9-5-3-6-10-15)26-21-22-19-18(20(24)23(21)2)17(13-25-19)16-11-7-4-8-12-16/h3-14H,1-2H3. The molecule has 1 atom stereocenters. The molecule has 1 unspecified atom stereocenters. The third kappa shape index (κ3) is 3.08. The SMILES string of the molecule is CC(Sc1nc2scc(-c3ccccc3)c2c(=O)n1C)c1ccccc1. The van der Waals surface area contributed by atoms with E-state index in [1.807, 2.05) is 53.9 Å². The fraction of sp³-hybridized carbons (Fsp3) is 0.143. The van der Waals surface area contributed by atoms with Crippen LogP contribution in [-0.2, 0) is 7.05 Å². The molecule has 0 saturated carbocycles. The average Bonchev–Trinajstić information content (AvgIpc) is 3.11. The van der Waals surface area contributed by atoms with Gasteiger partial charge in [0.15, 0.2) is 5.16 Å². The van der Waals surface area contributed by atoms with Crippen LogP contribution in [0, 0.1) is 0 Å². The van der Waals surface area contributed by atoms with Gasteiger partial charge in [0, 0.05) is 23.2 Å². The van der Waals surface area contributed by atoms with Gasteiger partial charge in [-0.25, -0.2) is 4.98 Å². The number of thioether (sulfide) groups is 1. The minimum atomic E-state index is 0.0119. The lowest BCUT2D eigenvalue weighted by Gasteiger charge is -2.13. The van der Waals surface area contributed by atoms with Gasteiger partial charge in [0.05, 0.1) is 5.39 Å². The number of nitrogens with zero attached hydrogens (tertiary/aromatic N) is 2. The maximum Gasteiger partial charge on any atom is 0.263 e. The summed E-state index contributed by atoms with van der Waals surface area (Å²) in [6.45, 7) is 2.14. The van der Waals surface area contributed by atoms with E-state index in [9.17, 15) is 4.79 Å². The lowest BCUT2D eigenvalue weighted by atomic mass is 10.1. The molecule has 5 heteroatoms. The largest absolute Gasteiger partial charge is 0.290 e. The van der Waals surface area contributed by atoms with E-state index < -0.39 is 0 Å². The lowest BCUT2D eigenvalue weighted by Crippen LogP contribution is -2.20. The van der Waals surface area contributed by atoms with Crippen molar-refractivity contribution in [2.75, 3.05) is 0 Å². The molecule has 0 aliphatic rings. The zero-order chi connectivity index (χ0) is 18.1. The highest BCUT2D eigenvalue weighted by atomic mass is 32.2. The Bertz CT molecular complexity index is 1100. The summed E-state index contributed by atoms with van der Waals surface area (Å²) >= 11 is 3.15. The topological polar surface area (TPSA) is 34.9 Å². The molecule has 0 spiro atoms. The summed E-state index contributed by atoms with van der Waals surface area (Å²) in [4.78, 5) is 18.6. The van der Waals surface area contributed by atoms with Crippen molar-refractivity contribution in [1.29, 1.82) is 0 Å². The third-order valence-electron chi connectivity index (χ3n) is 4.41. The van der Waals surface area contributed by atoms with E-state index in [0.717, 1.165) is 21.1 Å². The van der Waals surface area contributed by atoms with Gasteiger partial charge in [-0.05, 0) is 18.1 Å². The number of hydrogen-bond acceptors (Lipinski definition) is 4. The molecule has 3 nitrogen and oxygen atoms in total. The predicted octanol–water partition coefficient (Wildman–Crippen LogP) is 5.52. The van der Waals surface area contributed by atoms with Crippen molar-refractivity contribution in [3.8, 4) is 11.1 Å². The Labute approximate surface area is 160 Å². The predicted molar refractivity (Wildman–Crippen MR) is 111 cm³/mol. The fourth-order valence-electron chi connectivity index (χ4n) is 2.94. The molecule has 2 heterocycles. The molecule has 4 rings (SSSR count). The Hall–Kier alpha value is -2.37. The van der Waals surface area contributed by atoms with Crippen molar-refractivity contribution in [2.24, 2.45) is 7.05 Å². The Morgan fingerprint density at radius 2 is 1.69 bits per heavy atom. The van der Waals surface area contributed by atoms with Crippen LogP contribution in [0.15, 0.2) is 76.0 Å². The van der Waals surface area contributed by atoms with E-state index in [0.29, 0.717) is 5.39 Å². The van der Waals surface area contributed by atoms with Gasteiger partial charge in [-0.3, -0.25) is 9.36 Å². The van der Waals surface area contributed by atoms with Gasteiger partial charge in [0.25, 0.3) is 5.56 Å². The second-order valence-corrected chi connectivity index (χ2v) is 8.29. The smallest absolute Gasteiger partial charge is 0.263 e. The lowest BCUT2D eigenvalue weighted by molar-refractivity contribution is 0.725. The van der Waals surface area contributed by atoms with Gasteiger partial charge >= 0.3 is 0 Å². The molecule has 2 aromatic carbocycles. The Kier molecular flexibility index (Phi) is 4.66. The van der Waals surface area contributed by atoms with Crippen molar-refractivity contribution in [2.45, 2.75) is 17.3 Å². The molecule has 0 fully saturated rings. The number of benzene rings is 2. The second-order valence-electron chi connectivity index (χ2n) is 6.12. The van der Waals surface area contributed by atoms with Crippen molar-refractivity contribution in [1.82, 2.24) is 9.55 Å². The molecule has 0 aliphatic carbocycles. The van der Waals surface area contributed by atoms with Crippen LogP contribution in [-0.4, -0.2) is 9.55 Å². The molecular formula is C21H18N2OS2. The molecule has 0 saturated heterocycles. The van der Waals surface area contributed by atoms with E-state index in [1.54, 1.807) is 23.4 Å². The maximum atomic E-state index is 13.0. The minimum absolute atomic E-state index is 0.0119. The summed E-state index contributed by atoms with van der Waals surface area (Å²) in [7, 11) is 1.81. The first-order valence-corrected chi connectivity index (χ1v) is 10.2. The molecule has 0 radical (unpaired) electrons. The van der Waals surface area contributed by atoms with Crippen molar-refractivity contribution < 1.29 is 0 Å². The van der Waals surface area contributed by atoms with E-state index in [-0.39, 0.29) is 10.8 Å². The molecule has 0 amide bonds. The normalized spacial score (nSPS) is 12.4. The van der Waals surface area contributed by atoms with Crippen LogP contribution in [0.2, 0.25) is 0 Å². The summed E-state index contributed by atoms with van der Waals surface area (Å²) < 4.78 is 1.67. The Morgan fingerprint density at radius 3 is 2.38 bits per heavy atom. The van der Waals surface area contributed by atoms with Gasteiger partial charge in [-0.15, -0.1) is 11.3 Å². The van der Waals surface area contributed by atoms with Gasteiger partial charge in [0.1, 0.15) is 4.83 Å². The van der Waals surface area contributed by atoms with E-state index in [4.69, 9.17) is 4.98 Å². The molecule has 0 aliphatic heterocycles. The molecule has 0 N–H and O–H groups in total. The van der Waals surface area contributed by atoms with Crippen LogP contribution in [0.5, 0.6) is 0 Å². The number of thiophene rings is 1. The fourth-order valence-corrected chi connectivity index (χ4v) is 4.93. The van der Waals surface area contributed by atoms with Crippen LogP contribution < -0.4 is 5.56 Å². The van der Waals surface area contributed by atoms with Gasteiger partial charge in [-0.1, -0.05) is 72.4 Å². The number of fused-ring (bicyclic) bond motifs is 1. The van der Waals surface area contributed by atoms with Crippen molar-refractivity contribution >= 4 is 33.3 Å². The van der Waals surface area contributed by atoms with Crippen LogP contribution in [0.25, 0.3) is 21.3 Å². The molecule has 4 aromatic rings. The van der Waals surface area contributed by atoms with Gasteiger partial charge in [-0.2, -0.15) is 0 Å². The molecule has 2 aromatic heterocycles. The van der Waals surface area contributed by atoms with Gasteiger partial charge in [0.2, 0.25) is 0 Å². The monoisotopic (exact) mass is 378 g/mol. The zero-order valence-corrected chi connectivity index (χ0v) is 16.2. The maximum absolute atomic E-state index is 13.0. The number of rotatable bonds is 4. The minimum Gasteiger partial charge on any atom is -0.290 e. The first-order chi connectivity index (χ1) is 12.6. The van der Waals surface area contributed by atoms with Crippen molar-refractivity contribution in [3.05, 3.63) is 82.0 Å². The van der Waals surface area contributed by atoms with E-state index in [1.165, 1.54) is 16.9 Å². The zero-order valence-electron chi connectivity index (χ0n) is 14.5. The summed E-state index contributed by atoms with van der Waals surface area (Å²) in [6, 6.07) is 20.3. The number of aromatic nitrogens is 2. The molecule has 130 valence electrons. The second kappa shape index (κ2) is 7.09. The first-order valence-electron chi connectivity index (χ1n) is 8.40. The average molecular weight is 379 g/mol. The highest BCUT2D eigenvalue weighted by Crippen LogP contribution is 2.36. The summed E-state index contributed by atoms with van der Waals surface area (Å²) in [5.74, 6) is 0. The highest BCUT2D eigenvalue weighted by molar-refractivity contribution is 7.99. The molecule has 26 heavy (non-hydrogen) atoms. The quantitative estimate of drug-likeness (QED) is 0.347. The van der Waals surface area contributed by atoms with Crippen LogP contribution in [0.4, 0.5) is 0 Å². The van der Waals surface area contributed by atoms with E-state index >= 15 is 0 Å². The summed E-state index contributed by atoms with van der Waals surface area (Å²) in [6.07, 6.45) is 0. The van der Waals surface area contributed by atoms with Gasteiger partial charge < -0.3 is 0 Å². The molecular weight excluding hydrogens is 360 g/mol. The van der Waals surface area contributed by atoms with Crippen LogP contribution in [0.3, 0.4) is 0 Å². The summed E-state index contributed by atoms with van der Waals surface area (Å²) in [5, 5.41) is 3.71. The Balaban J connectivity index is 1.77. The Morgan fingerprint density at radius 1 is 1.04 bits per heavy atom. The summed E-state index contributed by atoms with van der Waals surface area (Å²) in [5.41, 5.74) is 3.25. The van der Waals surface area contributed by atoms with Crippen LogP contribution in [0.1, 0.15) is 17.7 Å². The van der Waals surface area contributed by atoms with Crippen LogP contribution >= 0.6 is 23.1 Å². The first kappa shape index (κ1) is 17.1. The number of hydrogen-bond donors (Lipinski definition) is 0. The third-order valence-corrected chi connectivity index (χ3v) is 6.48. The highest BCUT2D eigenvalue weighted by Gasteiger charge is 2.17. The molecule has 0 bridgehead atoms. The van der Waals surface area contributed by atoms with E-state index in [2.05, 4.69) is 19.1 Å².